The fourth-order valence-electron chi connectivity index (χ4n) is 2.28. The van der Waals surface area contributed by atoms with Gasteiger partial charge in [-0.05, 0) is 65.3 Å². The summed E-state index contributed by atoms with van der Waals surface area (Å²) in [6.45, 7) is 2.16. The maximum atomic E-state index is 13.0. The summed E-state index contributed by atoms with van der Waals surface area (Å²) in [5.41, 5.74) is 5.48. The molecule has 0 spiro atoms. The lowest BCUT2D eigenvalue weighted by atomic mass is 9.97. The number of carbonyl (C=O) groups is 1. The van der Waals surface area contributed by atoms with Crippen LogP contribution in [-0.2, 0) is 0 Å². The molecule has 0 amide bonds. The van der Waals surface area contributed by atoms with Gasteiger partial charge in [0.05, 0.1) is 12.7 Å². The third kappa shape index (κ3) is 5.08. The number of halogens is 1. The van der Waals surface area contributed by atoms with Gasteiger partial charge in [0.15, 0.2) is 0 Å². The van der Waals surface area contributed by atoms with E-state index in [9.17, 15) is 4.79 Å². The van der Waals surface area contributed by atoms with E-state index in [2.05, 4.69) is 35.2 Å². The van der Waals surface area contributed by atoms with Crippen molar-refractivity contribution in [3.63, 3.8) is 0 Å². The van der Waals surface area contributed by atoms with Crippen LogP contribution in [0.1, 0.15) is 42.1 Å². The Bertz CT molecular complexity index is 739. The van der Waals surface area contributed by atoms with Gasteiger partial charge in [0.2, 0.25) is 5.78 Å². The number of allylic oxidation sites excluding steroid dienone is 1. The van der Waals surface area contributed by atoms with Gasteiger partial charge < -0.3 is 4.74 Å². The van der Waals surface area contributed by atoms with Gasteiger partial charge in [-0.25, -0.2) is 0 Å². The van der Waals surface area contributed by atoms with E-state index in [0.717, 1.165) is 34.2 Å². The fraction of sp³-hybridized carbons (Fsp3) is 0.238. The van der Waals surface area contributed by atoms with E-state index in [1.165, 1.54) is 0 Å². The van der Waals surface area contributed by atoms with Crippen LogP contribution in [0.3, 0.4) is 0 Å². The molecule has 2 aromatic carbocycles. The maximum Gasteiger partial charge on any atom is 0.201 e. The van der Waals surface area contributed by atoms with E-state index in [1.807, 2.05) is 42.5 Å². The second-order valence-electron chi connectivity index (χ2n) is 5.43. The van der Waals surface area contributed by atoms with Crippen molar-refractivity contribution in [2.75, 3.05) is 7.11 Å². The second kappa shape index (κ2) is 9.45. The van der Waals surface area contributed by atoms with Crippen LogP contribution in [0.25, 0.3) is 5.57 Å². The highest BCUT2D eigenvalue weighted by atomic mass is 127. The molecule has 0 bridgehead atoms. The van der Waals surface area contributed by atoms with Gasteiger partial charge >= 0.3 is 0 Å². The van der Waals surface area contributed by atoms with E-state index < -0.39 is 0 Å². The summed E-state index contributed by atoms with van der Waals surface area (Å²) in [4.78, 5) is 13.0. The normalized spacial score (nSPS) is 9.96. The zero-order chi connectivity index (χ0) is 17.4. The molecule has 0 saturated heterocycles. The third-order valence-corrected chi connectivity index (χ3v) is 4.46. The van der Waals surface area contributed by atoms with Crippen molar-refractivity contribution in [3.8, 4) is 5.75 Å². The van der Waals surface area contributed by atoms with Crippen molar-refractivity contribution < 1.29 is 9.53 Å². The smallest absolute Gasteiger partial charge is 0.201 e. The third-order valence-electron chi connectivity index (χ3n) is 3.65. The number of ketones is 1. The average Bonchev–Trinajstić information content (AvgIpc) is 2.64. The summed E-state index contributed by atoms with van der Waals surface area (Å²) in [5.74, 6) is 0.722. The van der Waals surface area contributed by atoms with Crippen LogP contribution in [-0.4, -0.2) is 12.9 Å². The highest BCUT2D eigenvalue weighted by Crippen LogP contribution is 2.23. The van der Waals surface area contributed by atoms with Gasteiger partial charge in [-0.2, -0.15) is 0 Å². The first kappa shape index (κ1) is 18.5. The maximum absolute atomic E-state index is 13.0. The van der Waals surface area contributed by atoms with Crippen molar-refractivity contribution in [3.05, 3.63) is 75.0 Å². The van der Waals surface area contributed by atoms with Crippen LogP contribution in [0.5, 0.6) is 5.75 Å². The number of benzene rings is 2. The lowest BCUT2D eigenvalue weighted by Gasteiger charge is -2.06. The molecule has 24 heavy (non-hydrogen) atoms. The quantitative estimate of drug-likeness (QED) is 0.230. The van der Waals surface area contributed by atoms with Crippen molar-refractivity contribution in [1.82, 2.24) is 0 Å². The molecular weight excluding hydrogens is 411 g/mol. The Morgan fingerprint density at radius 2 is 1.71 bits per heavy atom. The first-order valence-electron chi connectivity index (χ1n) is 8.05. The summed E-state index contributed by atoms with van der Waals surface area (Å²) in [6.07, 6.45) is 3.18. The van der Waals surface area contributed by atoms with Crippen LogP contribution < -0.4 is 4.74 Å². The van der Waals surface area contributed by atoms with Gasteiger partial charge in [-0.15, -0.1) is 0 Å². The van der Waals surface area contributed by atoms with Crippen molar-refractivity contribution in [1.29, 1.82) is 0 Å². The molecule has 124 valence electrons. The number of methoxy groups -OCH3 is 1. The largest absolute Gasteiger partial charge is 0.497 e. The summed E-state index contributed by atoms with van der Waals surface area (Å²) in [6, 6.07) is 16.9. The molecular formula is C21H21IO2. The molecule has 0 aliphatic rings. The molecule has 0 atom stereocenters. The van der Waals surface area contributed by atoms with Crippen molar-refractivity contribution >= 4 is 33.9 Å². The number of Topliss-reactive ketones (excluding diaryl/α,β-unsaturated/α-hetero) is 1. The second-order valence-corrected chi connectivity index (χ2v) is 6.73. The predicted octanol–water partition coefficient (Wildman–Crippen LogP) is 6.07. The molecule has 0 N–H and O–H groups in total. The lowest BCUT2D eigenvalue weighted by Crippen LogP contribution is -2.02. The molecule has 0 aliphatic carbocycles. The van der Waals surface area contributed by atoms with Crippen LogP contribution in [0, 0.1) is 0 Å². The Hall–Kier alpha value is -1.84. The molecule has 0 heterocycles. The first-order chi connectivity index (χ1) is 11.7. The Balaban J connectivity index is 2.45. The molecule has 0 fully saturated rings. The minimum absolute atomic E-state index is 0.0190. The Labute approximate surface area is 157 Å². The monoisotopic (exact) mass is 432 g/mol. The number of unbranched alkanes of at least 4 members (excludes halogenated alkanes) is 1. The number of rotatable bonds is 7. The number of hydrogen-bond acceptors (Lipinski definition) is 2. The van der Waals surface area contributed by atoms with E-state index in [0.29, 0.717) is 11.1 Å². The standard InChI is InChI=1S/C21H21IO2/c1-3-4-10-18(22)15-20(16-8-6-5-7-9-16)21(23)17-11-13-19(24-2)14-12-17/h5-9,11-14H,3-4,10H2,1-2H3. The number of ether oxygens (including phenoxy) is 1. The van der Waals surface area contributed by atoms with Crippen LogP contribution in [0.4, 0.5) is 0 Å². The Morgan fingerprint density at radius 1 is 1.04 bits per heavy atom. The van der Waals surface area contributed by atoms with Crippen LogP contribution in [0.2, 0.25) is 0 Å². The van der Waals surface area contributed by atoms with Crippen LogP contribution in [0.15, 0.2) is 63.9 Å². The first-order valence-corrected chi connectivity index (χ1v) is 9.13. The minimum atomic E-state index is -0.0190. The number of hydrogen-bond donors (Lipinski definition) is 0. The molecule has 0 aliphatic heterocycles. The topological polar surface area (TPSA) is 26.3 Å². The van der Waals surface area contributed by atoms with Gasteiger partial charge in [0, 0.05) is 9.14 Å². The minimum Gasteiger partial charge on any atom is -0.497 e. The Morgan fingerprint density at radius 3 is 2.29 bits per heavy atom. The zero-order valence-corrected chi connectivity index (χ0v) is 16.2. The fourth-order valence-corrected chi connectivity index (χ4v) is 2.93. The van der Waals surface area contributed by atoms with E-state index >= 15 is 0 Å². The summed E-state index contributed by atoms with van der Waals surface area (Å²) in [7, 11) is 1.62. The Kier molecular flexibility index (Phi) is 7.29. The molecule has 0 radical (unpaired) electrons. The molecule has 0 saturated carbocycles. The molecule has 3 heteroatoms. The van der Waals surface area contributed by atoms with E-state index in [-0.39, 0.29) is 5.78 Å². The molecule has 2 rings (SSSR count). The van der Waals surface area contributed by atoms with E-state index in [1.54, 1.807) is 19.2 Å². The van der Waals surface area contributed by atoms with E-state index in [4.69, 9.17) is 4.74 Å². The van der Waals surface area contributed by atoms with Crippen molar-refractivity contribution in [2.24, 2.45) is 0 Å². The van der Waals surface area contributed by atoms with Gasteiger partial charge in [0.1, 0.15) is 5.75 Å². The molecule has 0 aromatic heterocycles. The van der Waals surface area contributed by atoms with Gasteiger partial charge in [0.25, 0.3) is 0 Å². The summed E-state index contributed by atoms with van der Waals surface area (Å²) in [5, 5.41) is 0. The van der Waals surface area contributed by atoms with Gasteiger partial charge in [-0.1, -0.05) is 49.4 Å². The SMILES string of the molecule is CCCCC(I)=C=C(C(=O)c1ccc(OC)cc1)c1ccccc1. The zero-order valence-electron chi connectivity index (χ0n) is 14.0. The number of carbonyl (C=O) groups excluding carboxylic acids is 1. The van der Waals surface area contributed by atoms with Gasteiger partial charge in [-0.3, -0.25) is 4.79 Å². The highest BCUT2D eigenvalue weighted by Gasteiger charge is 2.14. The summed E-state index contributed by atoms with van der Waals surface area (Å²) >= 11 is 2.28. The molecule has 2 nitrogen and oxygen atoms in total. The molecule has 2 aromatic rings. The summed E-state index contributed by atoms with van der Waals surface area (Å²) < 4.78 is 6.24. The van der Waals surface area contributed by atoms with Crippen molar-refractivity contribution in [2.45, 2.75) is 26.2 Å². The average molecular weight is 432 g/mol. The molecule has 0 unspecified atom stereocenters. The predicted molar refractivity (Wildman–Crippen MR) is 108 cm³/mol. The highest BCUT2D eigenvalue weighted by molar-refractivity contribution is 14.1. The van der Waals surface area contributed by atoms with Crippen LogP contribution >= 0.6 is 22.6 Å². The lowest BCUT2D eigenvalue weighted by molar-refractivity contribution is 0.105.